The molecule has 0 aliphatic carbocycles. The molecule has 0 radical (unpaired) electrons. The van der Waals surface area contributed by atoms with Gasteiger partial charge in [-0.15, -0.1) is 0 Å². The van der Waals surface area contributed by atoms with Crippen LogP contribution >= 0.6 is 0 Å². The van der Waals surface area contributed by atoms with Crippen LogP contribution in [0.3, 0.4) is 0 Å². The van der Waals surface area contributed by atoms with Crippen molar-refractivity contribution in [1.82, 2.24) is 20.4 Å². The van der Waals surface area contributed by atoms with E-state index in [9.17, 15) is 17.8 Å². The number of piperidine rings is 1. The number of carbonyl (C=O) groups excluding carboxylic acids is 1. The highest BCUT2D eigenvalue weighted by Crippen LogP contribution is 2.37. The maximum absolute atomic E-state index is 13.1. The standard InChI is InChI=1S/C28H34N4O6S/c33-28(22-15-20-16-30-26-9-3-6-23(32(20)26)27(22)39(34,35)36)29-12-4-5-19-10-13-31(14-11-19)17-21-18-37-24-7-1-2-8-25(24)38-21/h1-3,6-9,15,19-21,30H,4-5,10-14,16-18H2,(H,29,33)(H,34,35,36). The number of rotatable bonds is 8. The van der Waals surface area contributed by atoms with Crippen molar-refractivity contribution in [3.8, 4) is 11.5 Å². The Labute approximate surface area is 228 Å². The molecule has 0 aromatic heterocycles. The fourth-order valence-corrected chi connectivity index (χ4v) is 6.95. The Hall–Kier alpha value is -3.28. The summed E-state index contributed by atoms with van der Waals surface area (Å²) in [5.74, 6) is 2.48. The lowest BCUT2D eigenvalue weighted by Gasteiger charge is -2.35. The van der Waals surface area contributed by atoms with Crippen LogP contribution in [-0.2, 0) is 14.9 Å². The Balaban J connectivity index is 0.964. The predicted octanol–water partition coefficient (Wildman–Crippen LogP) is 2.16. The number of hydrogen-bond acceptors (Lipinski definition) is 8. The molecule has 2 saturated heterocycles. The molecule has 0 spiro atoms. The molecular formula is C28H34N4O6S. The second kappa shape index (κ2) is 10.7. The number of nitrogens with zero attached hydrogens (tertiary/aromatic N) is 2. The van der Waals surface area contributed by atoms with Crippen molar-refractivity contribution in [3.05, 3.63) is 70.6 Å². The van der Waals surface area contributed by atoms with E-state index in [0.29, 0.717) is 31.3 Å². The molecule has 1 aromatic rings. The van der Waals surface area contributed by atoms with E-state index in [1.165, 1.54) is 0 Å². The molecule has 39 heavy (non-hydrogen) atoms. The van der Waals surface area contributed by atoms with E-state index < -0.39 is 16.0 Å². The first-order valence-corrected chi connectivity index (χ1v) is 15.1. The zero-order valence-corrected chi connectivity index (χ0v) is 22.5. The summed E-state index contributed by atoms with van der Waals surface area (Å²) in [6.45, 7) is 4.42. The Bertz CT molecular complexity index is 1360. The number of para-hydroxylation sites is 2. The van der Waals surface area contributed by atoms with Gasteiger partial charge in [0.2, 0.25) is 0 Å². The predicted molar refractivity (Wildman–Crippen MR) is 145 cm³/mol. The molecular weight excluding hydrogens is 520 g/mol. The molecule has 5 aliphatic rings. The van der Waals surface area contributed by atoms with Crippen molar-refractivity contribution >= 4 is 16.0 Å². The molecule has 3 N–H and O–H groups in total. The lowest BCUT2D eigenvalue weighted by molar-refractivity contribution is -0.117. The van der Waals surface area contributed by atoms with E-state index in [4.69, 9.17) is 9.47 Å². The fourth-order valence-electron chi connectivity index (χ4n) is 6.08. The van der Waals surface area contributed by atoms with Gasteiger partial charge in [-0.05, 0) is 75.1 Å². The van der Waals surface area contributed by atoms with Crippen LogP contribution < -0.4 is 20.1 Å². The van der Waals surface area contributed by atoms with Crippen LogP contribution in [0.1, 0.15) is 25.7 Å². The van der Waals surface area contributed by atoms with E-state index in [1.54, 1.807) is 23.1 Å². The van der Waals surface area contributed by atoms with Crippen LogP contribution in [0.15, 0.2) is 70.6 Å². The van der Waals surface area contributed by atoms with Gasteiger partial charge >= 0.3 is 0 Å². The monoisotopic (exact) mass is 554 g/mol. The van der Waals surface area contributed by atoms with Crippen LogP contribution in [0.2, 0.25) is 0 Å². The quantitative estimate of drug-likeness (QED) is 0.328. The molecule has 1 amide bonds. The number of likely N-dealkylation sites (tertiary alicyclic amines) is 1. The normalized spacial score (nSPS) is 24.6. The summed E-state index contributed by atoms with van der Waals surface area (Å²) in [7, 11) is -4.61. The van der Waals surface area contributed by atoms with Gasteiger partial charge in [0.05, 0.1) is 17.3 Å². The molecule has 0 saturated carbocycles. The second-order valence-corrected chi connectivity index (χ2v) is 12.0. The smallest absolute Gasteiger partial charge is 0.297 e. The average Bonchev–Trinajstić information content (AvgIpc) is 3.35. The molecule has 2 atom stereocenters. The van der Waals surface area contributed by atoms with E-state index in [0.717, 1.165) is 62.6 Å². The first-order valence-electron chi connectivity index (χ1n) is 13.6. The summed E-state index contributed by atoms with van der Waals surface area (Å²) in [4.78, 5) is 17.0. The third-order valence-corrected chi connectivity index (χ3v) is 8.95. The van der Waals surface area contributed by atoms with Crippen molar-refractivity contribution in [2.75, 3.05) is 39.3 Å². The zero-order chi connectivity index (χ0) is 27.0. The lowest BCUT2D eigenvalue weighted by Crippen LogP contribution is -2.44. The number of allylic oxidation sites excluding steroid dienone is 3. The largest absolute Gasteiger partial charge is 0.486 e. The number of hydrogen-bond donors (Lipinski definition) is 3. The van der Waals surface area contributed by atoms with Gasteiger partial charge in [-0.25, -0.2) is 0 Å². The van der Waals surface area contributed by atoms with Gasteiger partial charge in [-0.3, -0.25) is 14.2 Å². The second-order valence-electron chi connectivity index (χ2n) is 10.6. The Morgan fingerprint density at radius 1 is 1.18 bits per heavy atom. The van der Waals surface area contributed by atoms with E-state index in [2.05, 4.69) is 15.5 Å². The van der Waals surface area contributed by atoms with Gasteiger partial charge in [-0.2, -0.15) is 8.42 Å². The lowest BCUT2D eigenvalue weighted by atomic mass is 9.92. The SMILES string of the molecule is O=C(NCCCC1CCN(CC2COc3ccccc3O2)CC1)C1=CC2CNC3=CC=CC(=C1S(=O)(=O)O)N32. The Morgan fingerprint density at radius 3 is 2.77 bits per heavy atom. The molecule has 2 unspecified atom stereocenters. The Morgan fingerprint density at radius 2 is 1.97 bits per heavy atom. The number of fused-ring (bicyclic) bond motifs is 1. The maximum Gasteiger partial charge on any atom is 0.297 e. The number of nitrogens with one attached hydrogen (secondary N) is 2. The number of benzene rings is 1. The van der Waals surface area contributed by atoms with Crippen LogP contribution in [-0.4, -0.2) is 80.2 Å². The summed E-state index contributed by atoms with van der Waals surface area (Å²) in [5, 5.41) is 6.10. The molecule has 5 aliphatic heterocycles. The minimum absolute atomic E-state index is 0.00759. The molecule has 2 fully saturated rings. The van der Waals surface area contributed by atoms with Crippen LogP contribution in [0.25, 0.3) is 0 Å². The van der Waals surface area contributed by atoms with Crippen molar-refractivity contribution in [1.29, 1.82) is 0 Å². The molecule has 11 heteroatoms. The summed E-state index contributed by atoms with van der Waals surface area (Å²) in [6, 6.07) is 7.58. The molecule has 6 rings (SSSR count). The highest BCUT2D eigenvalue weighted by atomic mass is 32.2. The summed E-state index contributed by atoms with van der Waals surface area (Å²) in [6.07, 6.45) is 10.8. The summed E-state index contributed by atoms with van der Waals surface area (Å²) < 4.78 is 46.5. The minimum Gasteiger partial charge on any atom is -0.486 e. The van der Waals surface area contributed by atoms with Gasteiger partial charge < -0.3 is 25.0 Å². The van der Waals surface area contributed by atoms with E-state index >= 15 is 0 Å². The van der Waals surface area contributed by atoms with Gasteiger partial charge in [0.1, 0.15) is 23.4 Å². The topological polar surface area (TPSA) is 120 Å². The molecule has 1 aromatic carbocycles. The van der Waals surface area contributed by atoms with Crippen molar-refractivity contribution < 1.29 is 27.2 Å². The zero-order valence-electron chi connectivity index (χ0n) is 21.7. The number of ether oxygens (including phenoxy) is 2. The van der Waals surface area contributed by atoms with Gasteiger partial charge in [0.15, 0.2) is 11.5 Å². The van der Waals surface area contributed by atoms with E-state index in [-0.39, 0.29) is 22.6 Å². The van der Waals surface area contributed by atoms with Crippen molar-refractivity contribution in [3.63, 3.8) is 0 Å². The number of carbonyl (C=O) groups is 1. The highest BCUT2D eigenvalue weighted by Gasteiger charge is 2.41. The van der Waals surface area contributed by atoms with Crippen LogP contribution in [0.4, 0.5) is 0 Å². The van der Waals surface area contributed by atoms with E-state index in [1.807, 2.05) is 30.3 Å². The van der Waals surface area contributed by atoms with Crippen LogP contribution in [0.5, 0.6) is 11.5 Å². The van der Waals surface area contributed by atoms with Gasteiger partial charge in [-0.1, -0.05) is 18.2 Å². The third-order valence-electron chi connectivity index (χ3n) is 8.00. The first-order chi connectivity index (χ1) is 18.9. The summed E-state index contributed by atoms with van der Waals surface area (Å²) in [5.41, 5.74) is 0.326. The maximum atomic E-state index is 13.1. The summed E-state index contributed by atoms with van der Waals surface area (Å²) >= 11 is 0. The third kappa shape index (κ3) is 5.43. The first kappa shape index (κ1) is 26.0. The molecule has 0 bridgehead atoms. The fraction of sp³-hybridized carbons (Fsp3) is 0.464. The van der Waals surface area contributed by atoms with Crippen molar-refractivity contribution in [2.24, 2.45) is 5.92 Å². The van der Waals surface area contributed by atoms with Gasteiger partial charge in [0, 0.05) is 19.6 Å². The molecule has 10 nitrogen and oxygen atoms in total. The van der Waals surface area contributed by atoms with Crippen molar-refractivity contribution in [2.45, 2.75) is 37.8 Å². The molecule has 5 heterocycles. The number of amides is 1. The average molecular weight is 555 g/mol. The minimum atomic E-state index is -4.61. The highest BCUT2D eigenvalue weighted by molar-refractivity contribution is 7.90. The molecule has 208 valence electrons. The van der Waals surface area contributed by atoms with Gasteiger partial charge in [0.25, 0.3) is 16.0 Å². The van der Waals surface area contributed by atoms with Crippen LogP contribution in [0, 0.1) is 5.92 Å². The Kier molecular flexibility index (Phi) is 7.13.